The van der Waals surface area contributed by atoms with E-state index >= 15 is 0 Å². The average molecular weight is 288 g/mol. The molecule has 1 aliphatic carbocycles. The number of ketones is 1. The van der Waals surface area contributed by atoms with Crippen molar-refractivity contribution in [2.75, 3.05) is 0 Å². The highest BCUT2D eigenvalue weighted by Crippen LogP contribution is 2.35. The molecule has 1 saturated carbocycles. The van der Waals surface area contributed by atoms with Crippen LogP contribution in [0.15, 0.2) is 30.3 Å². The molecule has 0 saturated heterocycles. The number of hydrogen-bond acceptors (Lipinski definition) is 3. The molecule has 0 radical (unpaired) electrons. The van der Waals surface area contributed by atoms with Crippen LogP contribution < -0.4 is 0 Å². The van der Waals surface area contributed by atoms with Gasteiger partial charge in [-0.15, -0.1) is 0 Å². The second-order valence-corrected chi connectivity index (χ2v) is 4.93. The zero-order valence-electron chi connectivity index (χ0n) is 10.6. The quantitative estimate of drug-likeness (QED) is 0.905. The normalized spacial score (nSPS) is 24.0. The summed E-state index contributed by atoms with van der Waals surface area (Å²) in [5.41, 5.74) is 0.970. The van der Waals surface area contributed by atoms with Gasteiger partial charge in [0.05, 0.1) is 12.7 Å². The number of benzene rings is 1. The van der Waals surface area contributed by atoms with E-state index in [2.05, 4.69) is 0 Å². The highest BCUT2D eigenvalue weighted by molar-refractivity contribution is 5.86. The van der Waals surface area contributed by atoms with Gasteiger partial charge in [-0.05, 0) is 18.4 Å². The summed E-state index contributed by atoms with van der Waals surface area (Å²) in [6.07, 6.45) is -7.50. The SMILES string of the molecule is O=C(C1CC(OCc2ccccc2)C1)C(O)C(F)(F)F. The summed E-state index contributed by atoms with van der Waals surface area (Å²) in [7, 11) is 0. The number of carbonyl (C=O) groups excluding carboxylic acids is 1. The molecule has 0 bridgehead atoms. The predicted octanol–water partition coefficient (Wildman–Crippen LogP) is 2.47. The third kappa shape index (κ3) is 3.58. The standard InChI is InChI=1S/C14H15F3O3/c15-14(16,17)13(19)12(18)10-6-11(7-10)20-8-9-4-2-1-3-5-9/h1-5,10-11,13,19H,6-8H2. The van der Waals surface area contributed by atoms with Crippen LogP contribution >= 0.6 is 0 Å². The summed E-state index contributed by atoms with van der Waals surface area (Å²) in [4.78, 5) is 11.4. The summed E-state index contributed by atoms with van der Waals surface area (Å²) in [5.74, 6) is -1.91. The lowest BCUT2D eigenvalue weighted by molar-refractivity contribution is -0.209. The largest absolute Gasteiger partial charge is 0.421 e. The molecule has 1 aliphatic rings. The first kappa shape index (κ1) is 15.0. The summed E-state index contributed by atoms with van der Waals surface area (Å²) in [6.45, 7) is 0.369. The fourth-order valence-electron chi connectivity index (χ4n) is 2.11. The minimum Gasteiger partial charge on any atom is -0.377 e. The van der Waals surface area contributed by atoms with Crippen molar-refractivity contribution in [3.05, 3.63) is 35.9 Å². The number of aliphatic hydroxyl groups excluding tert-OH is 1. The molecular formula is C14H15F3O3. The Labute approximate surface area is 114 Å². The van der Waals surface area contributed by atoms with Crippen LogP contribution in [0.25, 0.3) is 0 Å². The van der Waals surface area contributed by atoms with E-state index in [0.29, 0.717) is 6.61 Å². The number of aliphatic hydroxyl groups is 1. The van der Waals surface area contributed by atoms with Crippen molar-refractivity contribution >= 4 is 5.78 Å². The number of halogens is 3. The molecule has 0 aliphatic heterocycles. The van der Waals surface area contributed by atoms with Crippen molar-refractivity contribution < 1.29 is 27.8 Å². The van der Waals surface area contributed by atoms with E-state index in [4.69, 9.17) is 9.84 Å². The first-order valence-electron chi connectivity index (χ1n) is 6.32. The highest BCUT2D eigenvalue weighted by Gasteiger charge is 2.48. The van der Waals surface area contributed by atoms with E-state index in [9.17, 15) is 18.0 Å². The molecule has 1 aromatic carbocycles. The maximum Gasteiger partial charge on any atom is 0.421 e. The van der Waals surface area contributed by atoms with Crippen LogP contribution in [0.1, 0.15) is 18.4 Å². The molecule has 6 heteroatoms. The maximum absolute atomic E-state index is 12.2. The number of Topliss-reactive ketones (excluding diaryl/α,β-unsaturated/α-hetero) is 1. The lowest BCUT2D eigenvalue weighted by Crippen LogP contribution is -2.46. The first-order chi connectivity index (χ1) is 9.38. The van der Waals surface area contributed by atoms with Crippen LogP contribution in [0.5, 0.6) is 0 Å². The van der Waals surface area contributed by atoms with Crippen LogP contribution in [0.4, 0.5) is 13.2 Å². The fraction of sp³-hybridized carbons (Fsp3) is 0.500. The third-order valence-electron chi connectivity index (χ3n) is 3.41. The first-order valence-corrected chi connectivity index (χ1v) is 6.32. The molecule has 20 heavy (non-hydrogen) atoms. The van der Waals surface area contributed by atoms with Gasteiger partial charge in [0.25, 0.3) is 0 Å². The number of carbonyl (C=O) groups is 1. The topological polar surface area (TPSA) is 46.5 Å². The van der Waals surface area contributed by atoms with Gasteiger partial charge >= 0.3 is 6.18 Å². The second-order valence-electron chi connectivity index (χ2n) is 4.93. The van der Waals surface area contributed by atoms with Gasteiger partial charge in [0.2, 0.25) is 6.10 Å². The fourth-order valence-corrected chi connectivity index (χ4v) is 2.11. The summed E-state index contributed by atoms with van der Waals surface area (Å²) >= 11 is 0. The van der Waals surface area contributed by atoms with Gasteiger partial charge in [-0.2, -0.15) is 13.2 Å². The molecular weight excluding hydrogens is 273 g/mol. The van der Waals surface area contributed by atoms with Gasteiger partial charge in [0.1, 0.15) is 0 Å². The Kier molecular flexibility index (Phi) is 4.45. The van der Waals surface area contributed by atoms with E-state index in [1.165, 1.54) is 0 Å². The molecule has 1 unspecified atom stereocenters. The predicted molar refractivity (Wildman–Crippen MR) is 64.8 cm³/mol. The minimum absolute atomic E-state index is 0.218. The lowest BCUT2D eigenvalue weighted by Gasteiger charge is -2.35. The Morgan fingerprint density at radius 1 is 1.30 bits per heavy atom. The third-order valence-corrected chi connectivity index (χ3v) is 3.41. The summed E-state index contributed by atoms with van der Waals surface area (Å²) < 4.78 is 42.0. The van der Waals surface area contributed by atoms with Crippen LogP contribution in [-0.4, -0.2) is 29.3 Å². The van der Waals surface area contributed by atoms with E-state index in [0.717, 1.165) is 5.56 Å². The monoisotopic (exact) mass is 288 g/mol. The van der Waals surface area contributed by atoms with Crippen LogP contribution in [0.2, 0.25) is 0 Å². The summed E-state index contributed by atoms with van der Waals surface area (Å²) in [5, 5.41) is 8.87. The van der Waals surface area contributed by atoms with Gasteiger partial charge in [0, 0.05) is 5.92 Å². The van der Waals surface area contributed by atoms with Gasteiger partial charge in [0.15, 0.2) is 5.78 Å². The van der Waals surface area contributed by atoms with Gasteiger partial charge in [-0.3, -0.25) is 4.79 Å². The Hall–Kier alpha value is -1.40. The molecule has 0 heterocycles. The van der Waals surface area contributed by atoms with E-state index in [1.54, 1.807) is 0 Å². The second kappa shape index (κ2) is 5.93. The Balaban J connectivity index is 1.73. The van der Waals surface area contributed by atoms with Crippen LogP contribution in [-0.2, 0) is 16.1 Å². The van der Waals surface area contributed by atoms with Crippen molar-refractivity contribution in [3.8, 4) is 0 Å². The highest BCUT2D eigenvalue weighted by atomic mass is 19.4. The van der Waals surface area contributed by atoms with Crippen molar-refractivity contribution in [2.24, 2.45) is 5.92 Å². The van der Waals surface area contributed by atoms with Crippen LogP contribution in [0, 0.1) is 5.92 Å². The van der Waals surface area contributed by atoms with Crippen molar-refractivity contribution in [2.45, 2.75) is 37.8 Å². The molecule has 1 aromatic rings. The van der Waals surface area contributed by atoms with Gasteiger partial charge in [-0.25, -0.2) is 0 Å². The molecule has 1 fully saturated rings. The van der Waals surface area contributed by atoms with E-state index in [-0.39, 0.29) is 18.9 Å². The average Bonchev–Trinajstić information content (AvgIpc) is 2.35. The van der Waals surface area contributed by atoms with Crippen molar-refractivity contribution in [3.63, 3.8) is 0 Å². The molecule has 3 nitrogen and oxygen atoms in total. The molecule has 0 amide bonds. The van der Waals surface area contributed by atoms with Gasteiger partial charge < -0.3 is 9.84 Å². The number of ether oxygens (including phenoxy) is 1. The van der Waals surface area contributed by atoms with Crippen LogP contribution in [0.3, 0.4) is 0 Å². The zero-order chi connectivity index (χ0) is 14.8. The number of alkyl halides is 3. The van der Waals surface area contributed by atoms with E-state index < -0.39 is 24.0 Å². The van der Waals surface area contributed by atoms with Crippen molar-refractivity contribution in [1.29, 1.82) is 0 Å². The molecule has 0 spiro atoms. The number of hydrogen-bond donors (Lipinski definition) is 1. The Morgan fingerprint density at radius 3 is 2.45 bits per heavy atom. The molecule has 2 rings (SSSR count). The Bertz CT molecular complexity index is 452. The van der Waals surface area contributed by atoms with E-state index in [1.807, 2.05) is 30.3 Å². The zero-order valence-corrected chi connectivity index (χ0v) is 10.6. The van der Waals surface area contributed by atoms with Crippen molar-refractivity contribution in [1.82, 2.24) is 0 Å². The minimum atomic E-state index is -4.88. The van der Waals surface area contributed by atoms with Gasteiger partial charge in [-0.1, -0.05) is 30.3 Å². The molecule has 0 aromatic heterocycles. The molecule has 1 atom stereocenters. The molecule has 1 N–H and O–H groups in total. The Morgan fingerprint density at radius 2 is 1.90 bits per heavy atom. The number of rotatable bonds is 5. The lowest BCUT2D eigenvalue weighted by atomic mass is 9.77. The summed E-state index contributed by atoms with van der Waals surface area (Å²) in [6, 6.07) is 9.38. The molecule has 110 valence electrons. The smallest absolute Gasteiger partial charge is 0.377 e. The maximum atomic E-state index is 12.2.